The minimum Gasteiger partial charge on any atom is -0.370 e. The fraction of sp³-hybridized carbons (Fsp3) is 0.667. The highest BCUT2D eigenvalue weighted by Crippen LogP contribution is 2.30. The molecule has 0 spiro atoms. The second kappa shape index (κ2) is 8.47. The normalized spacial score (nSPS) is 21.2. The van der Waals surface area contributed by atoms with Gasteiger partial charge in [0, 0.05) is 57.4 Å². The lowest BCUT2D eigenvalue weighted by Gasteiger charge is -2.39. The van der Waals surface area contributed by atoms with Crippen molar-refractivity contribution in [1.29, 1.82) is 0 Å². The van der Waals surface area contributed by atoms with E-state index in [1.54, 1.807) is 6.92 Å². The summed E-state index contributed by atoms with van der Waals surface area (Å²) in [5, 5.41) is 3.42. The zero-order valence-electron chi connectivity index (χ0n) is 16.8. The lowest BCUT2D eigenvalue weighted by molar-refractivity contribution is -0.118. The Hall–Kier alpha value is -2.15. The van der Waals surface area contributed by atoms with Gasteiger partial charge in [-0.05, 0) is 44.2 Å². The second-order valence-corrected chi connectivity index (χ2v) is 8.28. The molecule has 0 saturated carbocycles. The van der Waals surface area contributed by atoms with Gasteiger partial charge in [-0.15, -0.1) is 0 Å². The number of aryl methyl sites for hydroxylation is 1. The van der Waals surface area contributed by atoms with Crippen LogP contribution in [0.2, 0.25) is 0 Å². The maximum absolute atomic E-state index is 12.9. The molecule has 1 N–H and O–H groups in total. The Balaban J connectivity index is 1.28. The van der Waals surface area contributed by atoms with Crippen molar-refractivity contribution in [3.05, 3.63) is 23.4 Å². The molecule has 0 aromatic carbocycles. The van der Waals surface area contributed by atoms with Crippen LogP contribution in [0.1, 0.15) is 43.4 Å². The maximum Gasteiger partial charge on any atom is 0.320 e. The van der Waals surface area contributed by atoms with Gasteiger partial charge in [-0.2, -0.15) is 0 Å². The summed E-state index contributed by atoms with van der Waals surface area (Å²) in [7, 11) is 0. The number of anilines is 1. The first kappa shape index (κ1) is 19.2. The van der Waals surface area contributed by atoms with Crippen LogP contribution in [0.5, 0.6) is 0 Å². The molecule has 3 aliphatic rings. The first-order valence-electron chi connectivity index (χ1n) is 10.6. The molecule has 4 heterocycles. The van der Waals surface area contributed by atoms with Crippen molar-refractivity contribution in [2.24, 2.45) is 0 Å². The number of Topliss-reactive ketones (excluding diaryl/α,β-unsaturated/α-hetero) is 1. The van der Waals surface area contributed by atoms with Crippen LogP contribution < -0.4 is 5.32 Å². The Kier molecular flexibility index (Phi) is 5.80. The molecule has 0 atom stereocenters. The van der Waals surface area contributed by atoms with Gasteiger partial charge >= 0.3 is 6.03 Å². The molecule has 28 heavy (non-hydrogen) atoms. The average Bonchev–Trinajstić information content (AvgIpc) is 2.73. The van der Waals surface area contributed by atoms with E-state index in [0.717, 1.165) is 63.5 Å². The third-order valence-corrected chi connectivity index (χ3v) is 6.19. The van der Waals surface area contributed by atoms with E-state index < -0.39 is 0 Å². The van der Waals surface area contributed by atoms with Gasteiger partial charge < -0.3 is 15.1 Å². The van der Waals surface area contributed by atoms with Crippen LogP contribution in [0.4, 0.5) is 10.6 Å². The van der Waals surface area contributed by atoms with Gasteiger partial charge in [-0.1, -0.05) is 6.07 Å². The molecule has 4 rings (SSSR count). The summed E-state index contributed by atoms with van der Waals surface area (Å²) in [6, 6.07) is 4.56. The van der Waals surface area contributed by atoms with E-state index in [9.17, 15) is 9.59 Å². The van der Waals surface area contributed by atoms with Crippen LogP contribution in [0.25, 0.3) is 0 Å². The number of aromatic nitrogens is 1. The molecule has 2 saturated heterocycles. The second-order valence-electron chi connectivity index (χ2n) is 8.28. The van der Waals surface area contributed by atoms with Crippen molar-refractivity contribution >= 4 is 17.6 Å². The number of rotatable bonds is 3. The molecule has 7 nitrogen and oxygen atoms in total. The SMILES string of the molecule is CC(=O)CN1CCN(C(=O)N2CCC(c3ccc4c(n3)NCCC4)CC2)CC1. The molecule has 3 aliphatic heterocycles. The molecule has 2 amide bonds. The number of hydrogen-bond acceptors (Lipinski definition) is 5. The average molecular weight is 386 g/mol. The van der Waals surface area contributed by atoms with E-state index >= 15 is 0 Å². The molecular formula is C21H31N5O2. The minimum atomic E-state index is 0.154. The van der Waals surface area contributed by atoms with Crippen LogP contribution in [-0.2, 0) is 11.2 Å². The molecule has 1 aromatic rings. The van der Waals surface area contributed by atoms with Gasteiger partial charge in [0.25, 0.3) is 0 Å². The Morgan fingerprint density at radius 1 is 1.07 bits per heavy atom. The highest BCUT2D eigenvalue weighted by Gasteiger charge is 2.30. The van der Waals surface area contributed by atoms with E-state index in [1.807, 2.05) is 9.80 Å². The number of pyridine rings is 1. The Bertz CT molecular complexity index is 722. The molecule has 2 fully saturated rings. The van der Waals surface area contributed by atoms with Crippen molar-refractivity contribution in [2.75, 3.05) is 57.7 Å². The molecule has 7 heteroatoms. The van der Waals surface area contributed by atoms with Crippen molar-refractivity contribution in [2.45, 2.75) is 38.5 Å². The van der Waals surface area contributed by atoms with Crippen molar-refractivity contribution < 1.29 is 9.59 Å². The van der Waals surface area contributed by atoms with Gasteiger partial charge in [-0.3, -0.25) is 9.69 Å². The quantitative estimate of drug-likeness (QED) is 0.861. The van der Waals surface area contributed by atoms with Crippen molar-refractivity contribution in [3.63, 3.8) is 0 Å². The molecule has 0 radical (unpaired) electrons. The number of nitrogens with zero attached hydrogens (tertiary/aromatic N) is 4. The minimum absolute atomic E-state index is 0.154. The summed E-state index contributed by atoms with van der Waals surface area (Å²) in [6.07, 6.45) is 4.24. The first-order valence-corrected chi connectivity index (χ1v) is 10.6. The van der Waals surface area contributed by atoms with Gasteiger partial charge in [0.05, 0.1) is 6.54 Å². The Morgan fingerprint density at radius 3 is 2.50 bits per heavy atom. The third kappa shape index (κ3) is 4.29. The largest absolute Gasteiger partial charge is 0.370 e. The fourth-order valence-corrected chi connectivity index (χ4v) is 4.55. The van der Waals surface area contributed by atoms with Crippen LogP contribution in [-0.4, -0.2) is 83.9 Å². The van der Waals surface area contributed by atoms with Crippen LogP contribution in [0, 0.1) is 0 Å². The topological polar surface area (TPSA) is 68.8 Å². The molecule has 1 aromatic heterocycles. The Labute approximate surface area is 167 Å². The van der Waals surface area contributed by atoms with E-state index in [1.165, 1.54) is 12.0 Å². The summed E-state index contributed by atoms with van der Waals surface area (Å²) in [4.78, 5) is 35.1. The number of carbonyl (C=O) groups is 2. The number of piperazine rings is 1. The molecule has 0 aliphatic carbocycles. The highest BCUT2D eigenvalue weighted by atomic mass is 16.2. The third-order valence-electron chi connectivity index (χ3n) is 6.19. The van der Waals surface area contributed by atoms with Gasteiger partial charge in [0.2, 0.25) is 0 Å². The summed E-state index contributed by atoms with van der Waals surface area (Å²) in [5.41, 5.74) is 2.49. The van der Waals surface area contributed by atoms with E-state index in [2.05, 4.69) is 22.3 Å². The number of ketones is 1. The highest BCUT2D eigenvalue weighted by molar-refractivity contribution is 5.78. The summed E-state index contributed by atoms with van der Waals surface area (Å²) < 4.78 is 0. The zero-order chi connectivity index (χ0) is 19.5. The van der Waals surface area contributed by atoms with Gasteiger partial charge in [0.15, 0.2) is 0 Å². The predicted molar refractivity (Wildman–Crippen MR) is 109 cm³/mol. The number of nitrogens with one attached hydrogen (secondary N) is 1. The Morgan fingerprint density at radius 2 is 1.79 bits per heavy atom. The predicted octanol–water partition coefficient (Wildman–Crippen LogP) is 1.95. The van der Waals surface area contributed by atoms with Crippen LogP contribution in [0.15, 0.2) is 12.1 Å². The van der Waals surface area contributed by atoms with Crippen molar-refractivity contribution in [1.82, 2.24) is 19.7 Å². The number of amides is 2. The van der Waals surface area contributed by atoms with Gasteiger partial charge in [0.1, 0.15) is 11.6 Å². The number of fused-ring (bicyclic) bond motifs is 1. The van der Waals surface area contributed by atoms with Crippen molar-refractivity contribution in [3.8, 4) is 0 Å². The summed E-state index contributed by atoms with van der Waals surface area (Å²) >= 11 is 0. The lowest BCUT2D eigenvalue weighted by Crippen LogP contribution is -2.54. The zero-order valence-corrected chi connectivity index (χ0v) is 16.8. The van der Waals surface area contributed by atoms with E-state index in [0.29, 0.717) is 25.6 Å². The van der Waals surface area contributed by atoms with E-state index in [4.69, 9.17) is 4.98 Å². The number of piperidine rings is 1. The number of hydrogen-bond donors (Lipinski definition) is 1. The molecule has 152 valence electrons. The van der Waals surface area contributed by atoms with E-state index in [-0.39, 0.29) is 11.8 Å². The molecule has 0 unspecified atom stereocenters. The first-order chi connectivity index (χ1) is 13.6. The fourth-order valence-electron chi connectivity index (χ4n) is 4.55. The smallest absolute Gasteiger partial charge is 0.320 e. The number of urea groups is 1. The maximum atomic E-state index is 12.9. The van der Waals surface area contributed by atoms with Crippen LogP contribution in [0.3, 0.4) is 0 Å². The van der Waals surface area contributed by atoms with Crippen LogP contribution >= 0.6 is 0 Å². The summed E-state index contributed by atoms with van der Waals surface area (Å²) in [6.45, 7) is 7.71. The number of carbonyl (C=O) groups excluding carboxylic acids is 2. The lowest BCUT2D eigenvalue weighted by atomic mass is 9.92. The molecular weight excluding hydrogens is 354 g/mol. The summed E-state index contributed by atoms with van der Waals surface area (Å²) in [5.74, 6) is 1.68. The molecule has 0 bridgehead atoms. The van der Waals surface area contributed by atoms with Gasteiger partial charge in [-0.25, -0.2) is 9.78 Å². The monoisotopic (exact) mass is 385 g/mol. The number of likely N-dealkylation sites (tertiary alicyclic amines) is 1. The standard InChI is InChI=1S/C21H31N5O2/c1-16(27)15-24-11-13-26(14-12-24)21(28)25-9-6-17(7-10-25)19-5-4-18-3-2-8-22-20(18)23-19/h4-5,17H,2-3,6-15H2,1H3,(H,22,23).